The summed E-state index contributed by atoms with van der Waals surface area (Å²) in [5.74, 6) is 0.814. The molecule has 0 heterocycles. The zero-order valence-electron chi connectivity index (χ0n) is 18.6. The summed E-state index contributed by atoms with van der Waals surface area (Å²) in [4.78, 5) is 2.33. The largest absolute Gasteiger partial charge is 0.492 e. The van der Waals surface area contributed by atoms with Crippen LogP contribution in [0.2, 0.25) is 5.02 Å². The van der Waals surface area contributed by atoms with Gasteiger partial charge in [-0.3, -0.25) is 0 Å². The molecule has 0 bridgehead atoms. The molecule has 3 aromatic carbocycles. The van der Waals surface area contributed by atoms with Crippen LogP contribution in [-0.2, 0) is 12.0 Å². The van der Waals surface area contributed by atoms with Crippen molar-refractivity contribution >= 4 is 11.6 Å². The Balaban J connectivity index is 1.83. The molecule has 3 nitrogen and oxygen atoms in total. The Morgan fingerprint density at radius 1 is 0.839 bits per heavy atom. The molecule has 0 saturated carbocycles. The fourth-order valence-electron chi connectivity index (χ4n) is 3.76. The lowest BCUT2D eigenvalue weighted by molar-refractivity contribution is 0.0810. The molecule has 164 valence electrons. The minimum absolute atomic E-state index is 0.454. The van der Waals surface area contributed by atoms with E-state index in [1.807, 2.05) is 79.7 Å². The highest BCUT2D eigenvalue weighted by atomic mass is 35.5. The van der Waals surface area contributed by atoms with E-state index in [9.17, 15) is 5.11 Å². The number of nitrogens with zero attached hydrogens (tertiary/aromatic N) is 1. The number of likely N-dealkylation sites (N-methyl/N-ethyl adjacent to an activating group) is 1. The highest BCUT2D eigenvalue weighted by Gasteiger charge is 2.32. The average Bonchev–Trinajstić information content (AvgIpc) is 2.79. The first-order chi connectivity index (χ1) is 14.9. The van der Waals surface area contributed by atoms with E-state index in [1.165, 1.54) is 0 Å². The molecule has 1 atom stereocenters. The standard InChI is InChI=1S/C27H32ClNO2/c1-4-29(5-2)18-19-31-26-16-12-24(13-17-26)27(30,23-10-6-21(3)7-11-23)20-22-8-14-25(28)15-9-22/h6-17,30H,4-5,18-20H2,1-3H3/t27-/m1/s1. The number of halogens is 1. The van der Waals surface area contributed by atoms with Crippen molar-refractivity contribution in [2.24, 2.45) is 0 Å². The molecule has 1 N–H and O–H groups in total. The highest BCUT2D eigenvalue weighted by molar-refractivity contribution is 6.30. The third kappa shape index (κ3) is 6.10. The number of hydrogen-bond donors (Lipinski definition) is 1. The van der Waals surface area contributed by atoms with E-state index in [4.69, 9.17) is 16.3 Å². The summed E-state index contributed by atoms with van der Waals surface area (Å²) in [6.07, 6.45) is 0.454. The summed E-state index contributed by atoms with van der Waals surface area (Å²) in [7, 11) is 0. The monoisotopic (exact) mass is 437 g/mol. The summed E-state index contributed by atoms with van der Waals surface area (Å²) < 4.78 is 5.92. The fraction of sp³-hybridized carbons (Fsp3) is 0.333. The predicted octanol–water partition coefficient (Wildman–Crippen LogP) is 5.85. The molecule has 0 radical (unpaired) electrons. The molecule has 3 rings (SSSR count). The Morgan fingerprint density at radius 3 is 1.94 bits per heavy atom. The van der Waals surface area contributed by atoms with E-state index in [0.717, 1.165) is 47.6 Å². The van der Waals surface area contributed by atoms with Gasteiger partial charge in [0, 0.05) is 18.0 Å². The van der Waals surface area contributed by atoms with Crippen LogP contribution in [0.4, 0.5) is 0 Å². The van der Waals surface area contributed by atoms with E-state index < -0.39 is 5.60 Å². The van der Waals surface area contributed by atoms with Crippen LogP contribution in [0, 0.1) is 6.92 Å². The van der Waals surface area contributed by atoms with Gasteiger partial charge in [-0.2, -0.15) is 0 Å². The van der Waals surface area contributed by atoms with Gasteiger partial charge in [0.2, 0.25) is 0 Å². The van der Waals surface area contributed by atoms with Crippen LogP contribution in [0.15, 0.2) is 72.8 Å². The second-order valence-corrected chi connectivity index (χ2v) is 8.37. The van der Waals surface area contributed by atoms with Gasteiger partial charge in [-0.1, -0.05) is 79.5 Å². The maximum atomic E-state index is 11.9. The van der Waals surface area contributed by atoms with Crippen LogP contribution >= 0.6 is 11.6 Å². The number of aliphatic hydroxyl groups is 1. The molecule has 0 aliphatic heterocycles. The minimum Gasteiger partial charge on any atom is -0.492 e. The molecular formula is C27H32ClNO2. The molecule has 0 fully saturated rings. The fourth-order valence-corrected chi connectivity index (χ4v) is 3.88. The van der Waals surface area contributed by atoms with Gasteiger partial charge in [0.05, 0.1) is 0 Å². The molecule has 0 saturated heterocycles. The first kappa shape index (κ1) is 23.3. The van der Waals surface area contributed by atoms with Gasteiger partial charge in [-0.15, -0.1) is 0 Å². The van der Waals surface area contributed by atoms with Crippen molar-refractivity contribution < 1.29 is 9.84 Å². The zero-order chi connectivity index (χ0) is 22.3. The molecule has 0 amide bonds. The van der Waals surface area contributed by atoms with Gasteiger partial charge in [0.25, 0.3) is 0 Å². The molecule has 0 aliphatic rings. The van der Waals surface area contributed by atoms with E-state index in [1.54, 1.807) is 0 Å². The van der Waals surface area contributed by atoms with Gasteiger partial charge in [-0.25, -0.2) is 0 Å². The van der Waals surface area contributed by atoms with Crippen molar-refractivity contribution in [1.82, 2.24) is 4.90 Å². The quantitative estimate of drug-likeness (QED) is 0.432. The first-order valence-electron chi connectivity index (χ1n) is 10.9. The van der Waals surface area contributed by atoms with Crippen LogP contribution in [0.1, 0.15) is 36.1 Å². The van der Waals surface area contributed by atoms with Gasteiger partial charge in [0.1, 0.15) is 18.0 Å². The van der Waals surface area contributed by atoms with E-state index >= 15 is 0 Å². The summed E-state index contributed by atoms with van der Waals surface area (Å²) in [6.45, 7) is 9.95. The van der Waals surface area contributed by atoms with E-state index in [-0.39, 0.29) is 0 Å². The first-order valence-corrected chi connectivity index (χ1v) is 11.3. The van der Waals surface area contributed by atoms with Crippen molar-refractivity contribution in [3.63, 3.8) is 0 Å². The Morgan fingerprint density at radius 2 is 1.39 bits per heavy atom. The van der Waals surface area contributed by atoms with Crippen LogP contribution in [-0.4, -0.2) is 36.2 Å². The van der Waals surface area contributed by atoms with Gasteiger partial charge in [0.15, 0.2) is 0 Å². The summed E-state index contributed by atoms with van der Waals surface area (Å²) in [6, 6.07) is 23.5. The van der Waals surface area contributed by atoms with Gasteiger partial charge >= 0.3 is 0 Å². The molecule has 0 spiro atoms. The molecule has 4 heteroatoms. The Kier molecular flexibility index (Phi) is 8.14. The van der Waals surface area contributed by atoms with Gasteiger partial charge < -0.3 is 14.7 Å². The van der Waals surface area contributed by atoms with Crippen molar-refractivity contribution in [3.05, 3.63) is 100 Å². The van der Waals surface area contributed by atoms with E-state index in [2.05, 4.69) is 18.7 Å². The molecule has 0 unspecified atom stereocenters. The maximum absolute atomic E-state index is 11.9. The van der Waals surface area contributed by atoms with Crippen molar-refractivity contribution in [1.29, 1.82) is 0 Å². The number of ether oxygens (including phenoxy) is 1. The van der Waals surface area contributed by atoms with Crippen LogP contribution < -0.4 is 4.74 Å². The summed E-state index contributed by atoms with van der Waals surface area (Å²) in [5, 5.41) is 12.6. The molecule has 0 aromatic heterocycles. The maximum Gasteiger partial charge on any atom is 0.119 e. The third-order valence-electron chi connectivity index (χ3n) is 5.80. The van der Waals surface area contributed by atoms with Crippen LogP contribution in [0.25, 0.3) is 0 Å². The van der Waals surface area contributed by atoms with E-state index in [0.29, 0.717) is 18.1 Å². The predicted molar refractivity (Wildman–Crippen MR) is 129 cm³/mol. The number of benzene rings is 3. The molecule has 0 aliphatic carbocycles. The lowest BCUT2D eigenvalue weighted by atomic mass is 9.81. The highest BCUT2D eigenvalue weighted by Crippen LogP contribution is 2.34. The normalized spacial score (nSPS) is 13.2. The zero-order valence-corrected chi connectivity index (χ0v) is 19.4. The minimum atomic E-state index is -1.15. The molecule has 3 aromatic rings. The topological polar surface area (TPSA) is 32.7 Å². The Bertz CT molecular complexity index is 934. The summed E-state index contributed by atoms with van der Waals surface area (Å²) >= 11 is 6.05. The third-order valence-corrected chi connectivity index (χ3v) is 6.06. The van der Waals surface area contributed by atoms with Crippen LogP contribution in [0.5, 0.6) is 5.75 Å². The lowest BCUT2D eigenvalue weighted by Crippen LogP contribution is -2.30. The number of hydrogen-bond acceptors (Lipinski definition) is 3. The molecular weight excluding hydrogens is 406 g/mol. The van der Waals surface area contributed by atoms with Crippen LogP contribution in [0.3, 0.4) is 0 Å². The molecule has 31 heavy (non-hydrogen) atoms. The second kappa shape index (κ2) is 10.8. The number of rotatable bonds is 10. The van der Waals surface area contributed by atoms with Crippen molar-refractivity contribution in [2.75, 3.05) is 26.2 Å². The summed E-state index contributed by atoms with van der Waals surface area (Å²) in [5.41, 5.74) is 2.73. The number of aryl methyl sites for hydroxylation is 1. The Hall–Kier alpha value is -2.33. The Labute approximate surface area is 191 Å². The second-order valence-electron chi connectivity index (χ2n) is 7.93. The average molecular weight is 438 g/mol. The lowest BCUT2D eigenvalue weighted by Gasteiger charge is -2.30. The SMILES string of the molecule is CCN(CC)CCOc1ccc([C@@](O)(Cc2ccc(Cl)cc2)c2ccc(C)cc2)cc1. The van der Waals surface area contributed by atoms with Crippen molar-refractivity contribution in [3.8, 4) is 5.75 Å². The van der Waals surface area contributed by atoms with Gasteiger partial charge in [-0.05, 0) is 61.0 Å². The van der Waals surface area contributed by atoms with Crippen molar-refractivity contribution in [2.45, 2.75) is 32.8 Å². The smallest absolute Gasteiger partial charge is 0.119 e.